The van der Waals surface area contributed by atoms with Crippen LogP contribution in [0.15, 0.2) is 53.5 Å². The molecule has 168 valence electrons. The number of rotatable bonds is 4. The van der Waals surface area contributed by atoms with Gasteiger partial charge >= 0.3 is 0 Å². The molecule has 5 nitrogen and oxygen atoms in total. The highest BCUT2D eigenvalue weighted by molar-refractivity contribution is 6.09. The van der Waals surface area contributed by atoms with Gasteiger partial charge in [-0.3, -0.25) is 9.69 Å². The molecule has 3 aliphatic rings. The molecule has 32 heavy (non-hydrogen) atoms. The van der Waals surface area contributed by atoms with E-state index in [0.717, 1.165) is 49.4 Å². The Bertz CT molecular complexity index is 1010. The fourth-order valence-corrected chi connectivity index (χ4v) is 5.50. The van der Waals surface area contributed by atoms with Crippen molar-refractivity contribution in [3.63, 3.8) is 0 Å². The number of nitrogens with zero attached hydrogens (tertiary/aromatic N) is 3. The van der Waals surface area contributed by atoms with Crippen LogP contribution < -0.4 is 4.90 Å². The van der Waals surface area contributed by atoms with E-state index in [1.165, 1.54) is 11.1 Å². The van der Waals surface area contributed by atoms with Gasteiger partial charge < -0.3 is 9.64 Å². The lowest BCUT2D eigenvalue weighted by molar-refractivity contribution is -0.121. The van der Waals surface area contributed by atoms with Crippen molar-refractivity contribution in [2.45, 2.75) is 64.6 Å². The molecule has 1 amide bonds. The fourth-order valence-electron chi connectivity index (χ4n) is 5.50. The molecule has 3 atom stereocenters. The summed E-state index contributed by atoms with van der Waals surface area (Å²) < 4.78 is 6.73. The van der Waals surface area contributed by atoms with Gasteiger partial charge in [-0.25, -0.2) is 4.99 Å². The molecule has 2 aromatic carbocycles. The van der Waals surface area contributed by atoms with Gasteiger partial charge in [0.25, 0.3) is 0 Å². The summed E-state index contributed by atoms with van der Waals surface area (Å²) in [6.07, 6.45) is 4.74. The Morgan fingerprint density at radius 1 is 1.06 bits per heavy atom. The second-order valence-electron chi connectivity index (χ2n) is 9.55. The summed E-state index contributed by atoms with van der Waals surface area (Å²) in [5, 5.41) is 0. The maximum Gasteiger partial charge on any atom is 0.232 e. The summed E-state index contributed by atoms with van der Waals surface area (Å²) in [6.45, 7) is 7.91. The molecule has 5 heteroatoms. The van der Waals surface area contributed by atoms with Crippen LogP contribution in [0.5, 0.6) is 0 Å². The van der Waals surface area contributed by atoms with Crippen molar-refractivity contribution >= 4 is 23.1 Å². The molecule has 2 aromatic rings. The first-order valence-electron chi connectivity index (χ1n) is 12.0. The topological polar surface area (TPSA) is 45.1 Å². The number of fused-ring (bicyclic) bond motifs is 1. The zero-order valence-electron chi connectivity index (χ0n) is 19.4. The molecule has 3 fully saturated rings. The lowest BCUT2D eigenvalue weighted by atomic mass is 9.95. The SMILES string of the molecule is CCCC1CC2(OC[C@@H]3CCCN3C2=Nc2ccc(C)cc2)N(c2ccc(C)cc2)C1=O. The van der Waals surface area contributed by atoms with Crippen molar-refractivity contribution in [1.82, 2.24) is 4.90 Å². The number of morpholine rings is 1. The first-order chi connectivity index (χ1) is 15.5. The number of hydrogen-bond acceptors (Lipinski definition) is 3. The first-order valence-corrected chi connectivity index (χ1v) is 12.0. The molecule has 0 N–H and O–H groups in total. The Kier molecular flexibility index (Phi) is 5.54. The zero-order valence-corrected chi connectivity index (χ0v) is 19.4. The molecule has 0 saturated carbocycles. The maximum absolute atomic E-state index is 13.8. The minimum absolute atomic E-state index is 0.0522. The fraction of sp³-hybridized carbons (Fsp3) is 0.481. The Balaban J connectivity index is 1.66. The van der Waals surface area contributed by atoms with E-state index in [0.29, 0.717) is 19.1 Å². The average Bonchev–Trinajstić information content (AvgIpc) is 3.37. The van der Waals surface area contributed by atoms with Gasteiger partial charge in [0.2, 0.25) is 11.6 Å². The third-order valence-electron chi connectivity index (χ3n) is 7.17. The molecule has 3 heterocycles. The van der Waals surface area contributed by atoms with E-state index >= 15 is 0 Å². The predicted molar refractivity (Wildman–Crippen MR) is 128 cm³/mol. The van der Waals surface area contributed by atoms with E-state index in [2.05, 4.69) is 62.1 Å². The summed E-state index contributed by atoms with van der Waals surface area (Å²) in [5.74, 6) is 1.01. The number of hydrogen-bond donors (Lipinski definition) is 0. The normalized spacial score (nSPS) is 28.7. The highest BCUT2D eigenvalue weighted by Gasteiger charge is 2.60. The van der Waals surface area contributed by atoms with Crippen LogP contribution in [0.25, 0.3) is 0 Å². The van der Waals surface area contributed by atoms with Crippen LogP contribution in [0.3, 0.4) is 0 Å². The highest BCUT2D eigenvalue weighted by atomic mass is 16.5. The lowest BCUT2D eigenvalue weighted by Gasteiger charge is -2.48. The molecule has 3 saturated heterocycles. The van der Waals surface area contributed by atoms with Crippen LogP contribution in [0.2, 0.25) is 0 Å². The molecule has 1 spiro atoms. The Hall–Kier alpha value is -2.66. The van der Waals surface area contributed by atoms with Crippen LogP contribution in [0.4, 0.5) is 11.4 Å². The van der Waals surface area contributed by atoms with Crippen molar-refractivity contribution in [2.24, 2.45) is 10.9 Å². The van der Waals surface area contributed by atoms with Crippen molar-refractivity contribution in [1.29, 1.82) is 0 Å². The van der Waals surface area contributed by atoms with E-state index in [9.17, 15) is 4.79 Å². The first kappa shape index (κ1) is 21.2. The number of benzene rings is 2. The monoisotopic (exact) mass is 431 g/mol. The number of aliphatic imine (C=N–C) groups is 1. The molecule has 0 bridgehead atoms. The summed E-state index contributed by atoms with van der Waals surface area (Å²) in [5.41, 5.74) is 3.35. The van der Waals surface area contributed by atoms with Gasteiger partial charge in [0.05, 0.1) is 18.3 Å². The Morgan fingerprint density at radius 3 is 2.44 bits per heavy atom. The molecule has 0 aliphatic carbocycles. The van der Waals surface area contributed by atoms with Crippen molar-refractivity contribution < 1.29 is 9.53 Å². The highest BCUT2D eigenvalue weighted by Crippen LogP contribution is 2.46. The van der Waals surface area contributed by atoms with E-state index in [1.54, 1.807) is 0 Å². The lowest BCUT2D eigenvalue weighted by Crippen LogP contribution is -2.65. The molecule has 2 unspecified atom stereocenters. The van der Waals surface area contributed by atoms with Crippen molar-refractivity contribution in [3.05, 3.63) is 59.7 Å². The number of amides is 1. The minimum Gasteiger partial charge on any atom is -0.351 e. The Labute approximate surface area is 191 Å². The summed E-state index contributed by atoms with van der Waals surface area (Å²) in [6, 6.07) is 16.9. The van der Waals surface area contributed by atoms with Gasteiger partial charge in [-0.2, -0.15) is 0 Å². The summed E-state index contributed by atoms with van der Waals surface area (Å²) >= 11 is 0. The Morgan fingerprint density at radius 2 is 1.75 bits per heavy atom. The molecule has 3 aliphatic heterocycles. The van der Waals surface area contributed by atoms with Gasteiger partial charge in [-0.05, 0) is 57.4 Å². The van der Waals surface area contributed by atoms with Gasteiger partial charge in [0.1, 0.15) is 0 Å². The summed E-state index contributed by atoms with van der Waals surface area (Å²) in [4.78, 5) is 23.3. The van der Waals surface area contributed by atoms with Crippen LogP contribution in [-0.2, 0) is 9.53 Å². The number of aryl methyl sites for hydroxylation is 2. The third-order valence-corrected chi connectivity index (χ3v) is 7.17. The molecule has 0 radical (unpaired) electrons. The maximum atomic E-state index is 13.8. The second-order valence-corrected chi connectivity index (χ2v) is 9.55. The van der Waals surface area contributed by atoms with Crippen molar-refractivity contribution in [3.8, 4) is 0 Å². The molecular formula is C27H33N3O2. The smallest absolute Gasteiger partial charge is 0.232 e. The molecular weight excluding hydrogens is 398 g/mol. The van der Waals surface area contributed by atoms with E-state index in [1.807, 2.05) is 17.0 Å². The molecule has 0 aromatic heterocycles. The number of carbonyl (C=O) groups excluding carboxylic acids is 1. The van der Waals surface area contributed by atoms with Crippen LogP contribution in [0, 0.1) is 19.8 Å². The van der Waals surface area contributed by atoms with E-state index in [-0.39, 0.29) is 11.8 Å². The molecule has 5 rings (SSSR count). The van der Waals surface area contributed by atoms with E-state index in [4.69, 9.17) is 9.73 Å². The van der Waals surface area contributed by atoms with Gasteiger partial charge in [-0.15, -0.1) is 0 Å². The van der Waals surface area contributed by atoms with Crippen LogP contribution in [-0.4, -0.2) is 41.6 Å². The van der Waals surface area contributed by atoms with Crippen LogP contribution in [0.1, 0.15) is 50.2 Å². The largest absolute Gasteiger partial charge is 0.351 e. The van der Waals surface area contributed by atoms with E-state index < -0.39 is 5.72 Å². The third kappa shape index (κ3) is 3.53. The number of amidine groups is 1. The number of ether oxygens (including phenoxy) is 1. The number of carbonyl (C=O) groups is 1. The van der Waals surface area contributed by atoms with Gasteiger partial charge in [0, 0.05) is 24.6 Å². The zero-order chi connectivity index (χ0) is 22.3. The predicted octanol–water partition coefficient (Wildman–Crippen LogP) is 5.38. The minimum atomic E-state index is -0.849. The second kappa shape index (κ2) is 8.36. The number of anilines is 1. The standard InChI is InChI=1S/C27H33N3O2/c1-4-6-21-17-27(30(25(21)31)23-14-10-20(3)11-15-23)26(28-22-12-8-19(2)9-13-22)29-16-5-7-24(29)18-32-27/h8-15,21,24H,4-7,16-18H2,1-3H3/t21?,24-,27?/m0/s1. The van der Waals surface area contributed by atoms with Crippen molar-refractivity contribution in [2.75, 3.05) is 18.1 Å². The van der Waals surface area contributed by atoms with Crippen LogP contribution >= 0.6 is 0 Å². The quantitative estimate of drug-likeness (QED) is 0.653. The van der Waals surface area contributed by atoms with Gasteiger partial charge in [-0.1, -0.05) is 48.7 Å². The summed E-state index contributed by atoms with van der Waals surface area (Å²) in [7, 11) is 0. The van der Waals surface area contributed by atoms with Gasteiger partial charge in [0.15, 0.2) is 5.84 Å². The average molecular weight is 432 g/mol.